The maximum atomic E-state index is 12.7. The molecule has 2 unspecified atom stereocenters. The summed E-state index contributed by atoms with van der Waals surface area (Å²) in [6.07, 6.45) is 3.01. The van der Waals surface area contributed by atoms with Gasteiger partial charge in [0.15, 0.2) is 0 Å². The van der Waals surface area contributed by atoms with Crippen LogP contribution in [0.25, 0.3) is 0 Å². The zero-order valence-electron chi connectivity index (χ0n) is 13.5. The van der Waals surface area contributed by atoms with E-state index >= 15 is 0 Å². The van der Waals surface area contributed by atoms with Gasteiger partial charge in [-0.25, -0.2) is 0 Å². The molecule has 1 aliphatic rings. The molecule has 0 spiro atoms. The minimum absolute atomic E-state index is 0.109. The molecule has 1 fully saturated rings. The highest BCUT2D eigenvalue weighted by atomic mass is 16.2. The summed E-state index contributed by atoms with van der Waals surface area (Å²) in [5.41, 5.74) is 0.925. The summed E-state index contributed by atoms with van der Waals surface area (Å²) < 4.78 is 0. The highest BCUT2D eigenvalue weighted by molar-refractivity contribution is 5.83. The fourth-order valence-electron chi connectivity index (χ4n) is 3.02. The van der Waals surface area contributed by atoms with E-state index in [9.17, 15) is 4.79 Å². The summed E-state index contributed by atoms with van der Waals surface area (Å²) in [5.74, 6) is 0.733. The first-order valence-electron chi connectivity index (χ1n) is 8.08. The van der Waals surface area contributed by atoms with Crippen molar-refractivity contribution in [3.63, 3.8) is 0 Å². The van der Waals surface area contributed by atoms with Gasteiger partial charge in [0.05, 0.1) is 11.5 Å². The van der Waals surface area contributed by atoms with Crippen molar-refractivity contribution in [1.82, 2.24) is 10.6 Å². The molecule has 2 N–H and O–H groups in total. The molecule has 1 heterocycles. The summed E-state index contributed by atoms with van der Waals surface area (Å²) in [4.78, 5) is 12.7. The molecule has 1 saturated heterocycles. The molecule has 1 aromatic rings. The van der Waals surface area contributed by atoms with Gasteiger partial charge < -0.3 is 10.6 Å². The van der Waals surface area contributed by atoms with Crippen molar-refractivity contribution in [3.8, 4) is 0 Å². The van der Waals surface area contributed by atoms with E-state index in [2.05, 4.69) is 43.5 Å². The first kappa shape index (κ1) is 16.0. The van der Waals surface area contributed by atoms with Crippen molar-refractivity contribution >= 4 is 5.91 Å². The second-order valence-corrected chi connectivity index (χ2v) is 6.91. The van der Waals surface area contributed by atoms with Crippen molar-refractivity contribution in [3.05, 3.63) is 35.9 Å². The average Bonchev–Trinajstić information content (AvgIpc) is 2.47. The standard InChI is InChI=1S/C18H28N2O/c1-14(2)12-16(15-8-5-4-6-9-15)20-17(21)18(3)10-7-11-19-13-18/h4-6,8-9,14,16,19H,7,10-13H2,1-3H3,(H,20,21). The number of hydrogen-bond acceptors (Lipinski definition) is 2. The van der Waals surface area contributed by atoms with Crippen molar-refractivity contribution in [2.24, 2.45) is 11.3 Å². The molecule has 0 radical (unpaired) electrons. The Morgan fingerprint density at radius 3 is 2.62 bits per heavy atom. The SMILES string of the molecule is CC(C)CC(NC(=O)C1(C)CCCNC1)c1ccccc1. The largest absolute Gasteiger partial charge is 0.349 e. The molecule has 3 heteroatoms. The molecule has 1 amide bonds. The van der Waals surface area contributed by atoms with Crippen LogP contribution in [0.5, 0.6) is 0 Å². The van der Waals surface area contributed by atoms with Crippen LogP contribution in [-0.2, 0) is 4.79 Å². The maximum Gasteiger partial charge on any atom is 0.227 e. The Kier molecular flexibility index (Phi) is 5.40. The Labute approximate surface area is 128 Å². The number of nitrogens with one attached hydrogen (secondary N) is 2. The predicted molar refractivity (Wildman–Crippen MR) is 87.0 cm³/mol. The minimum Gasteiger partial charge on any atom is -0.349 e. The van der Waals surface area contributed by atoms with Gasteiger partial charge in [-0.2, -0.15) is 0 Å². The van der Waals surface area contributed by atoms with E-state index in [0.717, 1.165) is 32.4 Å². The van der Waals surface area contributed by atoms with Gasteiger partial charge in [-0.1, -0.05) is 44.2 Å². The summed E-state index contributed by atoms with van der Waals surface area (Å²) in [5, 5.41) is 6.65. The molecule has 116 valence electrons. The van der Waals surface area contributed by atoms with Gasteiger partial charge in [0.2, 0.25) is 5.91 Å². The van der Waals surface area contributed by atoms with Crippen LogP contribution in [0.1, 0.15) is 51.6 Å². The van der Waals surface area contributed by atoms with Gasteiger partial charge in [-0.15, -0.1) is 0 Å². The van der Waals surface area contributed by atoms with Gasteiger partial charge in [-0.05, 0) is 44.2 Å². The zero-order chi connectivity index (χ0) is 15.3. The van der Waals surface area contributed by atoms with Crippen molar-refractivity contribution in [2.45, 2.75) is 46.1 Å². The summed E-state index contributed by atoms with van der Waals surface area (Å²) in [7, 11) is 0. The third-order valence-electron chi connectivity index (χ3n) is 4.36. The topological polar surface area (TPSA) is 41.1 Å². The van der Waals surface area contributed by atoms with Crippen molar-refractivity contribution in [2.75, 3.05) is 13.1 Å². The number of benzene rings is 1. The first-order chi connectivity index (χ1) is 10.0. The quantitative estimate of drug-likeness (QED) is 0.873. The van der Waals surface area contributed by atoms with E-state index in [1.54, 1.807) is 0 Å². The van der Waals surface area contributed by atoms with Crippen molar-refractivity contribution < 1.29 is 4.79 Å². The van der Waals surface area contributed by atoms with E-state index in [-0.39, 0.29) is 17.4 Å². The zero-order valence-corrected chi connectivity index (χ0v) is 13.5. The molecule has 3 nitrogen and oxygen atoms in total. The minimum atomic E-state index is -0.276. The molecule has 2 atom stereocenters. The Hall–Kier alpha value is -1.35. The third-order valence-corrected chi connectivity index (χ3v) is 4.36. The second kappa shape index (κ2) is 7.08. The number of amides is 1. The van der Waals surface area contributed by atoms with Gasteiger partial charge in [-0.3, -0.25) is 4.79 Å². The summed E-state index contributed by atoms with van der Waals surface area (Å²) in [6, 6.07) is 10.4. The lowest BCUT2D eigenvalue weighted by Crippen LogP contribution is -2.49. The highest BCUT2D eigenvalue weighted by Crippen LogP contribution is 2.28. The monoisotopic (exact) mass is 288 g/mol. The van der Waals surface area contributed by atoms with Gasteiger partial charge in [0, 0.05) is 6.54 Å². The van der Waals surface area contributed by atoms with Crippen LogP contribution in [0, 0.1) is 11.3 Å². The van der Waals surface area contributed by atoms with E-state index in [4.69, 9.17) is 0 Å². The Bertz CT molecular complexity index is 450. The summed E-state index contributed by atoms with van der Waals surface area (Å²) >= 11 is 0. The van der Waals surface area contributed by atoms with Crippen LogP contribution in [0.2, 0.25) is 0 Å². The molecular formula is C18H28N2O. The molecule has 1 aromatic carbocycles. The Morgan fingerprint density at radius 2 is 2.05 bits per heavy atom. The van der Waals surface area contributed by atoms with Crippen LogP contribution in [0.4, 0.5) is 0 Å². The van der Waals surface area contributed by atoms with Crippen LogP contribution in [0.15, 0.2) is 30.3 Å². The first-order valence-corrected chi connectivity index (χ1v) is 8.08. The molecule has 0 bridgehead atoms. The van der Waals surface area contributed by atoms with E-state index in [1.165, 1.54) is 5.56 Å². The van der Waals surface area contributed by atoms with Crippen LogP contribution in [-0.4, -0.2) is 19.0 Å². The lowest BCUT2D eigenvalue weighted by atomic mass is 9.81. The van der Waals surface area contributed by atoms with Crippen LogP contribution < -0.4 is 10.6 Å². The Balaban J connectivity index is 2.09. The molecule has 0 saturated carbocycles. The van der Waals surface area contributed by atoms with Crippen LogP contribution >= 0.6 is 0 Å². The lowest BCUT2D eigenvalue weighted by molar-refractivity contribution is -0.132. The molecule has 21 heavy (non-hydrogen) atoms. The number of carbonyl (C=O) groups excluding carboxylic acids is 1. The predicted octanol–water partition coefficient (Wildman–Crippen LogP) is 3.28. The highest BCUT2D eigenvalue weighted by Gasteiger charge is 2.35. The molecule has 2 rings (SSSR count). The van der Waals surface area contributed by atoms with Gasteiger partial charge in [0.25, 0.3) is 0 Å². The molecule has 0 aromatic heterocycles. The van der Waals surface area contributed by atoms with E-state index in [0.29, 0.717) is 5.92 Å². The third kappa shape index (κ3) is 4.31. The fourth-order valence-corrected chi connectivity index (χ4v) is 3.02. The number of rotatable bonds is 5. The lowest BCUT2D eigenvalue weighted by Gasteiger charge is -2.34. The average molecular weight is 288 g/mol. The van der Waals surface area contributed by atoms with Gasteiger partial charge in [0.1, 0.15) is 0 Å². The van der Waals surface area contributed by atoms with Gasteiger partial charge >= 0.3 is 0 Å². The molecule has 1 aliphatic heterocycles. The fraction of sp³-hybridized carbons (Fsp3) is 0.611. The number of carbonyl (C=O) groups is 1. The van der Waals surface area contributed by atoms with Crippen molar-refractivity contribution in [1.29, 1.82) is 0 Å². The molecule has 0 aliphatic carbocycles. The van der Waals surface area contributed by atoms with E-state index in [1.807, 2.05) is 18.2 Å². The van der Waals surface area contributed by atoms with Crippen LogP contribution in [0.3, 0.4) is 0 Å². The second-order valence-electron chi connectivity index (χ2n) is 6.91. The molecular weight excluding hydrogens is 260 g/mol. The normalized spacial score (nSPS) is 23.8. The number of piperidine rings is 1. The summed E-state index contributed by atoms with van der Waals surface area (Å²) in [6.45, 7) is 8.28. The maximum absolute atomic E-state index is 12.7. The van der Waals surface area contributed by atoms with E-state index < -0.39 is 0 Å². The Morgan fingerprint density at radius 1 is 1.33 bits per heavy atom. The number of hydrogen-bond donors (Lipinski definition) is 2. The smallest absolute Gasteiger partial charge is 0.227 e.